The molecule has 0 saturated heterocycles. The molecule has 0 bridgehead atoms. The van der Waals surface area contributed by atoms with Crippen LogP contribution in [0, 0.1) is 5.92 Å². The number of benzene rings is 1. The largest absolute Gasteiger partial charge is 0.494 e. The van der Waals surface area contributed by atoms with Crippen LogP contribution in [0.3, 0.4) is 0 Å². The van der Waals surface area contributed by atoms with E-state index in [9.17, 15) is 13.5 Å². The van der Waals surface area contributed by atoms with Crippen LogP contribution in [0.4, 0.5) is 0 Å². The molecule has 1 aromatic rings. The summed E-state index contributed by atoms with van der Waals surface area (Å²) >= 11 is 0. The molecule has 0 saturated carbocycles. The molecular formula is C14H23NO4S. The Morgan fingerprint density at radius 1 is 1.25 bits per heavy atom. The summed E-state index contributed by atoms with van der Waals surface area (Å²) in [5, 5.41) is 9.20. The topological polar surface area (TPSA) is 75.6 Å². The number of aliphatic hydroxyl groups is 1. The Bertz CT molecular complexity index is 496. The Morgan fingerprint density at radius 2 is 1.85 bits per heavy atom. The van der Waals surface area contributed by atoms with Crippen molar-refractivity contribution in [2.75, 3.05) is 13.2 Å². The van der Waals surface area contributed by atoms with Gasteiger partial charge in [-0.1, -0.05) is 20.8 Å². The summed E-state index contributed by atoms with van der Waals surface area (Å²) < 4.78 is 32.2. The van der Waals surface area contributed by atoms with E-state index in [0.717, 1.165) is 6.42 Å². The predicted molar refractivity (Wildman–Crippen MR) is 78.3 cm³/mol. The SMILES string of the molecule is CCCOc1ccc(S(=O)(=O)N[C@H](CO)C(C)C)cc1. The molecule has 114 valence electrons. The Labute approximate surface area is 121 Å². The smallest absolute Gasteiger partial charge is 0.240 e. The van der Waals surface area contributed by atoms with Crippen LogP contribution in [0.5, 0.6) is 5.75 Å². The lowest BCUT2D eigenvalue weighted by atomic mass is 10.1. The molecule has 6 heteroatoms. The average molecular weight is 301 g/mol. The molecule has 0 aliphatic carbocycles. The van der Waals surface area contributed by atoms with E-state index in [0.29, 0.717) is 12.4 Å². The first kappa shape index (κ1) is 16.9. The molecule has 1 aromatic carbocycles. The maximum absolute atomic E-state index is 12.2. The van der Waals surface area contributed by atoms with Gasteiger partial charge in [0.05, 0.1) is 18.1 Å². The minimum absolute atomic E-state index is 0.0157. The van der Waals surface area contributed by atoms with Crippen LogP contribution in [0.15, 0.2) is 29.2 Å². The summed E-state index contributed by atoms with van der Waals surface area (Å²) in [4.78, 5) is 0.167. The van der Waals surface area contributed by atoms with Gasteiger partial charge in [0.25, 0.3) is 0 Å². The lowest BCUT2D eigenvalue weighted by Crippen LogP contribution is -2.41. The van der Waals surface area contributed by atoms with Crippen molar-refractivity contribution in [3.05, 3.63) is 24.3 Å². The van der Waals surface area contributed by atoms with Crippen molar-refractivity contribution in [1.82, 2.24) is 4.72 Å². The Kier molecular flexibility index (Phi) is 6.45. The average Bonchev–Trinajstić information content (AvgIpc) is 2.42. The fourth-order valence-electron chi connectivity index (χ4n) is 1.59. The predicted octanol–water partition coefficient (Wildman–Crippen LogP) is 1.77. The molecule has 1 rings (SSSR count). The van der Waals surface area contributed by atoms with E-state index in [2.05, 4.69) is 4.72 Å². The molecule has 5 nitrogen and oxygen atoms in total. The zero-order valence-electron chi connectivity index (χ0n) is 12.2. The third kappa shape index (κ3) is 4.77. The van der Waals surface area contributed by atoms with E-state index >= 15 is 0 Å². The first-order valence-corrected chi connectivity index (χ1v) is 8.25. The van der Waals surface area contributed by atoms with Gasteiger partial charge in [0, 0.05) is 6.04 Å². The van der Waals surface area contributed by atoms with Crippen LogP contribution in [0.2, 0.25) is 0 Å². The summed E-state index contributed by atoms with van der Waals surface area (Å²) in [5.74, 6) is 0.662. The van der Waals surface area contributed by atoms with Crippen LogP contribution in [-0.4, -0.2) is 32.8 Å². The van der Waals surface area contributed by atoms with Gasteiger partial charge < -0.3 is 9.84 Å². The fraction of sp³-hybridized carbons (Fsp3) is 0.571. The zero-order chi connectivity index (χ0) is 15.2. The summed E-state index contributed by atoms with van der Waals surface area (Å²) in [6, 6.07) is 5.78. The van der Waals surface area contributed by atoms with Gasteiger partial charge in [0.15, 0.2) is 0 Å². The number of rotatable bonds is 8. The minimum atomic E-state index is -3.62. The first-order chi connectivity index (χ1) is 9.40. The Hall–Kier alpha value is -1.11. The molecule has 2 N–H and O–H groups in total. The standard InChI is InChI=1S/C14H23NO4S/c1-4-9-19-12-5-7-13(8-6-12)20(17,18)15-14(10-16)11(2)3/h5-8,11,14-16H,4,9-10H2,1-3H3/t14-/m1/s1. The van der Waals surface area contributed by atoms with E-state index < -0.39 is 16.1 Å². The highest BCUT2D eigenvalue weighted by molar-refractivity contribution is 7.89. The van der Waals surface area contributed by atoms with E-state index in [-0.39, 0.29) is 17.4 Å². The molecule has 1 atom stereocenters. The van der Waals surface area contributed by atoms with Crippen LogP contribution in [0.25, 0.3) is 0 Å². The van der Waals surface area contributed by atoms with Crippen molar-refractivity contribution < 1.29 is 18.3 Å². The van der Waals surface area contributed by atoms with Gasteiger partial charge in [-0.25, -0.2) is 13.1 Å². The van der Waals surface area contributed by atoms with Crippen molar-refractivity contribution in [1.29, 1.82) is 0 Å². The highest BCUT2D eigenvalue weighted by atomic mass is 32.2. The van der Waals surface area contributed by atoms with Gasteiger partial charge >= 0.3 is 0 Å². The molecule has 0 aromatic heterocycles. The van der Waals surface area contributed by atoms with Gasteiger partial charge in [-0.2, -0.15) is 0 Å². The van der Waals surface area contributed by atoms with Crippen LogP contribution in [0.1, 0.15) is 27.2 Å². The van der Waals surface area contributed by atoms with Crippen LogP contribution >= 0.6 is 0 Å². The maximum Gasteiger partial charge on any atom is 0.240 e. The summed E-state index contributed by atoms with van der Waals surface area (Å²) in [6.45, 7) is 6.08. The number of ether oxygens (including phenoxy) is 1. The first-order valence-electron chi connectivity index (χ1n) is 6.76. The number of hydrogen-bond donors (Lipinski definition) is 2. The number of hydrogen-bond acceptors (Lipinski definition) is 4. The molecule has 0 amide bonds. The number of sulfonamides is 1. The monoisotopic (exact) mass is 301 g/mol. The molecule has 0 fully saturated rings. The second kappa shape index (κ2) is 7.61. The summed E-state index contributed by atoms with van der Waals surface area (Å²) in [5.41, 5.74) is 0. The number of aliphatic hydroxyl groups excluding tert-OH is 1. The molecule has 0 radical (unpaired) electrons. The lowest BCUT2D eigenvalue weighted by Gasteiger charge is -2.19. The van der Waals surface area contributed by atoms with Crippen LogP contribution < -0.4 is 9.46 Å². The minimum Gasteiger partial charge on any atom is -0.494 e. The highest BCUT2D eigenvalue weighted by Crippen LogP contribution is 2.17. The van der Waals surface area contributed by atoms with Gasteiger partial charge in [-0.3, -0.25) is 0 Å². The molecule has 0 aliphatic heterocycles. The van der Waals surface area contributed by atoms with E-state index in [4.69, 9.17) is 4.74 Å². The third-order valence-electron chi connectivity index (χ3n) is 2.91. The van der Waals surface area contributed by atoms with E-state index in [1.165, 1.54) is 12.1 Å². The maximum atomic E-state index is 12.2. The van der Waals surface area contributed by atoms with Crippen molar-refractivity contribution in [2.24, 2.45) is 5.92 Å². The van der Waals surface area contributed by atoms with Crippen LogP contribution in [-0.2, 0) is 10.0 Å². The quantitative estimate of drug-likeness (QED) is 0.767. The van der Waals surface area contributed by atoms with Crippen molar-refractivity contribution >= 4 is 10.0 Å². The molecular weight excluding hydrogens is 278 g/mol. The van der Waals surface area contributed by atoms with Gasteiger partial charge in [0.2, 0.25) is 10.0 Å². The molecule has 0 spiro atoms. The second-order valence-corrected chi connectivity index (χ2v) is 6.69. The highest BCUT2D eigenvalue weighted by Gasteiger charge is 2.21. The molecule has 0 heterocycles. The van der Waals surface area contributed by atoms with Gasteiger partial charge in [-0.05, 0) is 36.6 Å². The third-order valence-corrected chi connectivity index (χ3v) is 4.42. The van der Waals surface area contributed by atoms with Crippen molar-refractivity contribution in [2.45, 2.75) is 38.1 Å². The van der Waals surface area contributed by atoms with E-state index in [1.54, 1.807) is 12.1 Å². The Morgan fingerprint density at radius 3 is 2.30 bits per heavy atom. The van der Waals surface area contributed by atoms with Gasteiger partial charge in [-0.15, -0.1) is 0 Å². The summed E-state index contributed by atoms with van der Waals surface area (Å²) in [7, 11) is -3.62. The van der Waals surface area contributed by atoms with Crippen molar-refractivity contribution in [3.8, 4) is 5.75 Å². The Balaban J connectivity index is 2.82. The second-order valence-electron chi connectivity index (χ2n) is 4.97. The molecule has 0 aliphatic rings. The normalized spacial score (nSPS) is 13.4. The number of nitrogens with one attached hydrogen (secondary N) is 1. The fourth-order valence-corrected chi connectivity index (χ4v) is 2.96. The lowest BCUT2D eigenvalue weighted by molar-refractivity contribution is 0.227. The molecule has 20 heavy (non-hydrogen) atoms. The molecule has 0 unspecified atom stereocenters. The summed E-state index contributed by atoms with van der Waals surface area (Å²) in [6.07, 6.45) is 0.897. The van der Waals surface area contributed by atoms with Gasteiger partial charge in [0.1, 0.15) is 5.75 Å². The van der Waals surface area contributed by atoms with E-state index in [1.807, 2.05) is 20.8 Å². The zero-order valence-corrected chi connectivity index (χ0v) is 13.0. The van der Waals surface area contributed by atoms with Crippen molar-refractivity contribution in [3.63, 3.8) is 0 Å².